The quantitative estimate of drug-likeness (QED) is 0.385. The van der Waals surface area contributed by atoms with Crippen molar-refractivity contribution >= 4 is 22.7 Å². The number of phenolic OH excluding ortho intramolecular Hbond substituents is 1. The topological polar surface area (TPSA) is 74.6 Å². The van der Waals surface area contributed by atoms with Crippen molar-refractivity contribution in [2.24, 2.45) is 0 Å². The Morgan fingerprint density at radius 1 is 1.12 bits per heavy atom. The highest BCUT2D eigenvalue weighted by atomic mass is 32.2. The van der Waals surface area contributed by atoms with Crippen molar-refractivity contribution in [2.45, 2.75) is 10.4 Å². The fourth-order valence-electron chi connectivity index (χ4n) is 0.453. The Morgan fingerprint density at radius 3 is 1.62 bits per heavy atom. The molecule has 16 heavy (non-hydrogen) atoms. The lowest BCUT2D eigenvalue weighted by atomic mass is 10.3. The number of hydrogen-bond donors (Lipinski definition) is 3. The molecule has 1 rings (SSSR count). The van der Waals surface area contributed by atoms with Gasteiger partial charge in [-0.2, -0.15) is 21.6 Å². The third-order valence-corrected chi connectivity index (χ3v) is 2.03. The van der Waals surface area contributed by atoms with Crippen LogP contribution < -0.4 is 0 Å². The molecule has 0 aromatic heterocycles. The van der Waals surface area contributed by atoms with E-state index in [1.165, 1.54) is 0 Å². The summed E-state index contributed by atoms with van der Waals surface area (Å²) in [5.41, 5.74) is -5.53. The monoisotopic (exact) mass is 276 g/mol. The van der Waals surface area contributed by atoms with Crippen molar-refractivity contribution in [1.29, 1.82) is 0 Å². The van der Waals surface area contributed by atoms with Gasteiger partial charge >= 0.3 is 15.6 Å². The van der Waals surface area contributed by atoms with Crippen LogP contribution in [-0.2, 0) is 10.1 Å². The first-order valence-electron chi connectivity index (χ1n) is 3.56. The summed E-state index contributed by atoms with van der Waals surface area (Å²) in [6.07, 6.45) is 0. The number of alkyl halides is 3. The van der Waals surface area contributed by atoms with E-state index in [-0.39, 0.29) is 5.75 Å². The highest BCUT2D eigenvalue weighted by Gasteiger charge is 2.44. The van der Waals surface area contributed by atoms with E-state index in [0.29, 0.717) is 0 Å². The highest BCUT2D eigenvalue weighted by Crippen LogP contribution is 2.20. The average Bonchev–Trinajstić information content (AvgIpc) is 2.08. The second-order valence-corrected chi connectivity index (χ2v) is 4.37. The van der Waals surface area contributed by atoms with Crippen LogP contribution in [0.5, 0.6) is 5.75 Å². The summed E-state index contributed by atoms with van der Waals surface area (Å²) >= 11 is 4.02. The minimum Gasteiger partial charge on any atom is -0.508 e. The Labute approximate surface area is 94.9 Å². The molecule has 0 heterocycles. The van der Waals surface area contributed by atoms with E-state index in [1.54, 1.807) is 24.3 Å². The summed E-state index contributed by atoms with van der Waals surface area (Å²) in [5.74, 6) is 0.280. The van der Waals surface area contributed by atoms with E-state index in [0.717, 1.165) is 4.90 Å². The number of phenols is 1. The molecule has 0 aliphatic heterocycles. The molecule has 4 nitrogen and oxygen atoms in total. The molecule has 0 amide bonds. The summed E-state index contributed by atoms with van der Waals surface area (Å²) in [6, 6.07) is 6.67. The first-order chi connectivity index (χ1) is 7.04. The predicted octanol–water partition coefficient (Wildman–Crippen LogP) is 2.07. The zero-order valence-corrected chi connectivity index (χ0v) is 9.22. The van der Waals surface area contributed by atoms with E-state index in [1.807, 2.05) is 0 Å². The summed E-state index contributed by atoms with van der Waals surface area (Å²) in [4.78, 5) is 0.864. The van der Waals surface area contributed by atoms with Crippen molar-refractivity contribution in [1.82, 2.24) is 0 Å². The van der Waals surface area contributed by atoms with Crippen LogP contribution in [0.2, 0.25) is 0 Å². The van der Waals surface area contributed by atoms with Crippen molar-refractivity contribution in [2.75, 3.05) is 0 Å². The number of halogens is 3. The molecule has 0 atom stereocenters. The molecule has 1 aromatic rings. The van der Waals surface area contributed by atoms with Crippen LogP contribution in [0.25, 0.3) is 0 Å². The third kappa shape index (κ3) is 5.83. The molecule has 0 bridgehead atoms. The maximum Gasteiger partial charge on any atom is 0.522 e. The lowest BCUT2D eigenvalue weighted by molar-refractivity contribution is -0.0510. The predicted molar refractivity (Wildman–Crippen MR) is 53.0 cm³/mol. The molecule has 0 saturated heterocycles. The number of aromatic hydroxyl groups is 1. The Morgan fingerprint density at radius 2 is 1.44 bits per heavy atom. The van der Waals surface area contributed by atoms with Gasteiger partial charge in [-0.25, -0.2) is 0 Å². The van der Waals surface area contributed by atoms with Crippen LogP contribution >= 0.6 is 12.6 Å². The molecular formula is C7H7F3O4S2. The Hall–Kier alpha value is -0.930. The van der Waals surface area contributed by atoms with Gasteiger partial charge in [-0.3, -0.25) is 4.55 Å². The normalized spacial score (nSPS) is 11.6. The average molecular weight is 276 g/mol. The Balaban J connectivity index is 0.000000281. The lowest BCUT2D eigenvalue weighted by Gasteiger charge is -1.97. The summed E-state index contributed by atoms with van der Waals surface area (Å²) < 4.78 is 57.5. The standard InChI is InChI=1S/C6H6OS.CHF3O3S/c7-5-1-3-6(8)4-2-5;2-1(3,4)8(5,6)7/h1-4,7-8H;(H,5,6,7). The second-order valence-electron chi connectivity index (χ2n) is 2.44. The van der Waals surface area contributed by atoms with Crippen molar-refractivity contribution < 1.29 is 31.2 Å². The lowest BCUT2D eigenvalue weighted by Crippen LogP contribution is -2.21. The van der Waals surface area contributed by atoms with Gasteiger partial charge < -0.3 is 5.11 Å². The SMILES string of the molecule is O=S(=O)(O)C(F)(F)F.Oc1ccc(S)cc1. The molecule has 0 radical (unpaired) electrons. The minimum atomic E-state index is -5.84. The van der Waals surface area contributed by atoms with Crippen molar-refractivity contribution in [3.63, 3.8) is 0 Å². The van der Waals surface area contributed by atoms with Gasteiger partial charge in [0.05, 0.1) is 0 Å². The molecule has 9 heteroatoms. The number of hydrogen-bond acceptors (Lipinski definition) is 4. The van der Waals surface area contributed by atoms with Crippen molar-refractivity contribution in [3.05, 3.63) is 24.3 Å². The van der Waals surface area contributed by atoms with Gasteiger partial charge in [-0.05, 0) is 24.3 Å². The molecule has 2 N–H and O–H groups in total. The summed E-state index contributed by atoms with van der Waals surface area (Å²) in [6.45, 7) is 0. The van der Waals surface area contributed by atoms with Gasteiger partial charge in [0.2, 0.25) is 0 Å². The molecule has 0 spiro atoms. The van der Waals surface area contributed by atoms with E-state index in [9.17, 15) is 13.2 Å². The molecule has 92 valence electrons. The van der Waals surface area contributed by atoms with Gasteiger partial charge in [-0.15, -0.1) is 12.6 Å². The van der Waals surface area contributed by atoms with E-state index in [2.05, 4.69) is 12.6 Å². The van der Waals surface area contributed by atoms with Crippen LogP contribution in [0.1, 0.15) is 0 Å². The van der Waals surface area contributed by atoms with Crippen molar-refractivity contribution in [3.8, 4) is 5.75 Å². The molecule has 0 aliphatic rings. The molecule has 0 fully saturated rings. The highest BCUT2D eigenvalue weighted by molar-refractivity contribution is 7.86. The fourth-order valence-corrected chi connectivity index (χ4v) is 0.602. The van der Waals surface area contributed by atoms with Gasteiger partial charge in [0.25, 0.3) is 0 Å². The number of thiol groups is 1. The summed E-state index contributed by atoms with van der Waals surface area (Å²) in [7, 11) is -5.84. The summed E-state index contributed by atoms with van der Waals surface area (Å²) in [5, 5.41) is 8.72. The number of benzene rings is 1. The molecule has 0 saturated carbocycles. The van der Waals surface area contributed by atoms with Crippen LogP contribution in [0, 0.1) is 0 Å². The van der Waals surface area contributed by atoms with Gasteiger partial charge in [0.15, 0.2) is 0 Å². The third-order valence-electron chi connectivity index (χ3n) is 1.14. The smallest absolute Gasteiger partial charge is 0.508 e. The van der Waals surface area contributed by atoms with Crippen LogP contribution in [0.3, 0.4) is 0 Å². The molecule has 0 aliphatic carbocycles. The Bertz CT molecular complexity index is 403. The van der Waals surface area contributed by atoms with E-state index in [4.69, 9.17) is 18.1 Å². The van der Waals surface area contributed by atoms with E-state index >= 15 is 0 Å². The van der Waals surface area contributed by atoms with Crippen LogP contribution in [0.15, 0.2) is 29.2 Å². The van der Waals surface area contributed by atoms with Gasteiger partial charge in [0.1, 0.15) is 5.75 Å². The zero-order valence-electron chi connectivity index (χ0n) is 7.51. The fraction of sp³-hybridized carbons (Fsp3) is 0.143. The van der Waals surface area contributed by atoms with E-state index < -0.39 is 15.6 Å². The maximum absolute atomic E-state index is 10.7. The largest absolute Gasteiger partial charge is 0.522 e. The first-order valence-corrected chi connectivity index (χ1v) is 5.44. The number of rotatable bonds is 0. The molecule has 1 aromatic carbocycles. The Kier molecular flexibility index (Phi) is 5.10. The molecule has 0 unspecified atom stereocenters. The second kappa shape index (κ2) is 5.41. The first kappa shape index (κ1) is 15.1. The molecular weight excluding hydrogens is 269 g/mol. The zero-order chi connectivity index (χ0) is 13.0. The van der Waals surface area contributed by atoms with Crippen LogP contribution in [0.4, 0.5) is 13.2 Å². The van der Waals surface area contributed by atoms with Gasteiger partial charge in [0, 0.05) is 4.90 Å². The van der Waals surface area contributed by atoms with Crippen LogP contribution in [-0.4, -0.2) is 23.6 Å². The minimum absolute atomic E-state index is 0.280. The van der Waals surface area contributed by atoms with Gasteiger partial charge in [-0.1, -0.05) is 0 Å². The maximum atomic E-state index is 10.7.